The highest BCUT2D eigenvalue weighted by atomic mass is 16.5. The van der Waals surface area contributed by atoms with Crippen LogP contribution in [0.4, 0.5) is 11.4 Å². The second-order valence-corrected chi connectivity index (χ2v) is 27.0. The Hall–Kier alpha value is -10.5. The molecule has 0 radical (unpaired) electrons. The zero-order valence-corrected chi connectivity index (χ0v) is 60.6. The maximum atomic E-state index is 13.6. The predicted molar refractivity (Wildman–Crippen MR) is 409 cm³/mol. The largest absolute Gasteiger partial charge is 0.381 e. The first kappa shape index (κ1) is 73.3. The van der Waals surface area contributed by atoms with Gasteiger partial charge in [-0.15, -0.1) is 0 Å². The highest BCUT2D eigenvalue weighted by Crippen LogP contribution is 2.35. The smallest absolute Gasteiger partial charge is 0.251 e. The number of nitrogens with one attached hydrogen (secondary N) is 7. The van der Waals surface area contributed by atoms with Gasteiger partial charge in [0.25, 0.3) is 23.6 Å². The number of anilines is 2. The minimum absolute atomic E-state index is 0.232. The molecule has 540 valence electrons. The molecule has 21 heteroatoms. The van der Waals surface area contributed by atoms with Crippen LogP contribution in [0.2, 0.25) is 0 Å². The fourth-order valence-corrected chi connectivity index (χ4v) is 14.0. The van der Waals surface area contributed by atoms with Crippen LogP contribution in [0.3, 0.4) is 0 Å². The van der Waals surface area contributed by atoms with E-state index in [0.29, 0.717) is 86.6 Å². The minimum atomic E-state index is -0.279. The Labute approximate surface area is 608 Å². The average Bonchev–Trinajstić information content (AvgIpc) is 1.56. The van der Waals surface area contributed by atoms with Crippen molar-refractivity contribution in [2.45, 2.75) is 144 Å². The standard InChI is InChI=1S/C44H54N8O3.C39H42N6O4/c1-4-40-38(41(49-36-15-21-55-22-16-36)39-28-48-52(5-2)42(39)50-40)27-47-44(54)35-12-7-11-34(25-35)43(53)46-26-31-14-13-30(3)37(24-31)33-10-6-9-32(23-33)29-51-19-8-17-45-18-20-51;1-4-35-33(36(43-31-14-16-49-17-15-31)34-23-42-45(5-2)37(34)44-35)22-41-39(48)30-11-7-10-29(20-30)38(47)40-21-26-13-12-25(3)32(19-26)28-9-6-8-27(18-28)24-46/h6-7,9-14,23-25,28,36,45H,4-5,8,15-22,26-27,29H2,1-3H3,(H,46,53)(H,47,54)(H,49,50);6-13,18-20,23-24,31H,4-5,14-17,21-22H2,1-3H3,(H,40,47)(H,41,48)(H,43,44). The molecule has 3 fully saturated rings. The van der Waals surface area contributed by atoms with Crippen molar-refractivity contribution in [3.8, 4) is 22.3 Å². The van der Waals surface area contributed by atoms with Gasteiger partial charge >= 0.3 is 0 Å². The molecule has 3 aliphatic heterocycles. The van der Waals surface area contributed by atoms with Gasteiger partial charge < -0.3 is 46.7 Å². The summed E-state index contributed by atoms with van der Waals surface area (Å²) in [5.74, 6) is -1.04. The van der Waals surface area contributed by atoms with Crippen LogP contribution < -0.4 is 37.2 Å². The monoisotopic (exact) mass is 1400 g/mol. The molecular formula is C83H96N14O7. The van der Waals surface area contributed by atoms with E-state index in [9.17, 15) is 24.0 Å². The number of pyridine rings is 2. The Morgan fingerprint density at radius 3 is 1.42 bits per heavy atom. The zero-order chi connectivity index (χ0) is 72.5. The van der Waals surface area contributed by atoms with Gasteiger partial charge in [-0.3, -0.25) is 28.9 Å². The maximum Gasteiger partial charge on any atom is 0.251 e. The molecule has 7 N–H and O–H groups in total. The summed E-state index contributed by atoms with van der Waals surface area (Å²) in [7, 11) is 0. The van der Waals surface area contributed by atoms with E-state index in [2.05, 4.69) is 122 Å². The summed E-state index contributed by atoms with van der Waals surface area (Å²) in [6.45, 7) is 23.1. The van der Waals surface area contributed by atoms with E-state index in [1.807, 2.05) is 72.0 Å². The van der Waals surface area contributed by atoms with Crippen molar-refractivity contribution in [3.63, 3.8) is 0 Å². The number of fused-ring (bicyclic) bond motifs is 2. The molecule has 4 amide bonds. The molecule has 104 heavy (non-hydrogen) atoms. The summed E-state index contributed by atoms with van der Waals surface area (Å²) in [5, 5.41) is 34.3. The number of carbonyl (C=O) groups is 5. The second-order valence-electron chi connectivity index (χ2n) is 27.0. The molecule has 0 spiro atoms. The van der Waals surface area contributed by atoms with E-state index in [4.69, 9.17) is 19.4 Å². The Kier molecular flexibility index (Phi) is 24.8. The second kappa shape index (κ2) is 35.2. The van der Waals surface area contributed by atoms with Gasteiger partial charge in [0.15, 0.2) is 11.3 Å². The van der Waals surface area contributed by atoms with Gasteiger partial charge in [-0.05, 0) is 196 Å². The fraction of sp³-hybridized carbons (Fsp3) is 0.361. The summed E-state index contributed by atoms with van der Waals surface area (Å²) < 4.78 is 15.0. The van der Waals surface area contributed by atoms with E-state index in [-0.39, 0.29) is 42.3 Å². The van der Waals surface area contributed by atoms with E-state index in [1.165, 1.54) is 23.1 Å². The first-order valence-electron chi connectivity index (χ1n) is 36.8. The van der Waals surface area contributed by atoms with Gasteiger partial charge in [-0.1, -0.05) is 86.6 Å². The number of hydrogen-bond donors (Lipinski definition) is 7. The number of ether oxygens (including phenoxy) is 2. The van der Waals surface area contributed by atoms with Crippen molar-refractivity contribution in [2.24, 2.45) is 0 Å². The normalized spacial score (nSPS) is 14.4. The van der Waals surface area contributed by atoms with Crippen molar-refractivity contribution in [1.29, 1.82) is 0 Å². The molecule has 21 nitrogen and oxygen atoms in total. The van der Waals surface area contributed by atoms with Gasteiger partial charge in [0.1, 0.15) is 6.29 Å². The molecule has 0 aliphatic carbocycles. The molecule has 13 rings (SSSR count). The molecular weight excluding hydrogens is 1310 g/mol. The number of benzene rings is 6. The quantitative estimate of drug-likeness (QED) is 0.0263. The van der Waals surface area contributed by atoms with Crippen LogP contribution in [0.5, 0.6) is 0 Å². The number of aldehydes is 1. The lowest BCUT2D eigenvalue weighted by molar-refractivity contribution is 0.0903. The van der Waals surface area contributed by atoms with Gasteiger partial charge in [0.2, 0.25) is 0 Å². The van der Waals surface area contributed by atoms with Crippen LogP contribution >= 0.6 is 0 Å². The SMILES string of the molecule is CCc1nc2c(cnn2CC)c(NC2CCOCC2)c1CNC(=O)c1cccc(C(=O)NCc2ccc(C)c(-c3cccc(C=O)c3)c2)c1.CCc1nc2c(cnn2CC)c(NC2CCOCC2)c1CNC(=O)c1cccc(C(=O)NCc2ccc(C)c(-c3cccc(CN4CCCNCC4)c3)c2)c1. The van der Waals surface area contributed by atoms with Crippen LogP contribution in [0.15, 0.2) is 146 Å². The number of carbonyl (C=O) groups excluding carboxylic acids is 5. The lowest BCUT2D eigenvalue weighted by atomic mass is 9.96. The number of aryl methyl sites for hydroxylation is 6. The Morgan fingerprint density at radius 1 is 0.510 bits per heavy atom. The number of nitrogens with zero attached hydrogens (tertiary/aromatic N) is 7. The minimum Gasteiger partial charge on any atom is -0.381 e. The van der Waals surface area contributed by atoms with E-state index in [0.717, 1.165) is 167 Å². The molecule has 6 aromatic carbocycles. The summed E-state index contributed by atoms with van der Waals surface area (Å²) in [4.78, 5) is 77.6. The predicted octanol–water partition coefficient (Wildman–Crippen LogP) is 12.5. The topological polar surface area (TPSA) is 253 Å². The molecule has 0 atom stereocenters. The molecule has 10 aromatic rings. The summed E-state index contributed by atoms with van der Waals surface area (Å²) in [6.07, 6.45) is 10.7. The van der Waals surface area contributed by atoms with Crippen molar-refractivity contribution in [3.05, 3.63) is 224 Å². The van der Waals surface area contributed by atoms with Crippen molar-refractivity contribution in [2.75, 3.05) is 63.2 Å². The molecule has 7 heterocycles. The lowest BCUT2D eigenvalue weighted by Gasteiger charge is -2.26. The van der Waals surface area contributed by atoms with E-state index >= 15 is 0 Å². The maximum absolute atomic E-state index is 13.6. The first-order valence-corrected chi connectivity index (χ1v) is 36.8. The molecule has 0 bridgehead atoms. The molecule has 4 aromatic heterocycles. The number of amides is 4. The van der Waals surface area contributed by atoms with Crippen LogP contribution in [0.1, 0.15) is 162 Å². The fourth-order valence-electron chi connectivity index (χ4n) is 14.0. The molecule has 0 unspecified atom stereocenters. The molecule has 3 saturated heterocycles. The van der Waals surface area contributed by atoms with Crippen LogP contribution in [0, 0.1) is 13.8 Å². The summed E-state index contributed by atoms with van der Waals surface area (Å²) >= 11 is 0. The third-order valence-electron chi connectivity index (χ3n) is 19.9. The molecule has 3 aliphatic rings. The average molecular weight is 1400 g/mol. The highest BCUT2D eigenvalue weighted by Gasteiger charge is 2.26. The number of aromatic nitrogens is 6. The number of hydrogen-bond acceptors (Lipinski definition) is 15. The van der Waals surface area contributed by atoms with Crippen molar-refractivity contribution in [1.82, 2.24) is 61.0 Å². The van der Waals surface area contributed by atoms with Crippen molar-refractivity contribution >= 4 is 63.4 Å². The highest BCUT2D eigenvalue weighted by molar-refractivity contribution is 6.01. The summed E-state index contributed by atoms with van der Waals surface area (Å²) in [5.41, 5.74) is 19.4. The van der Waals surface area contributed by atoms with Crippen LogP contribution in [-0.2, 0) is 68.1 Å². The van der Waals surface area contributed by atoms with Gasteiger partial charge in [-0.25, -0.2) is 19.3 Å². The molecule has 0 saturated carbocycles. The summed E-state index contributed by atoms with van der Waals surface area (Å²) in [6, 6.07) is 42.8. The lowest BCUT2D eigenvalue weighted by Crippen LogP contribution is -2.30. The van der Waals surface area contributed by atoms with Crippen LogP contribution in [-0.4, -0.2) is 129 Å². The van der Waals surface area contributed by atoms with Crippen molar-refractivity contribution < 1.29 is 33.4 Å². The third-order valence-corrected chi connectivity index (χ3v) is 19.9. The van der Waals surface area contributed by atoms with E-state index in [1.54, 1.807) is 54.6 Å². The Morgan fingerprint density at radius 2 is 0.962 bits per heavy atom. The van der Waals surface area contributed by atoms with Crippen LogP contribution in [0.25, 0.3) is 44.3 Å². The number of rotatable bonds is 25. The Bertz CT molecular complexity index is 4700. The van der Waals surface area contributed by atoms with Gasteiger partial charge in [-0.2, -0.15) is 10.2 Å². The first-order chi connectivity index (χ1) is 50.8. The zero-order valence-electron chi connectivity index (χ0n) is 60.6. The van der Waals surface area contributed by atoms with E-state index < -0.39 is 0 Å². The van der Waals surface area contributed by atoms with Gasteiger partial charge in [0, 0.05) is 148 Å². The van der Waals surface area contributed by atoms with Gasteiger partial charge in [0.05, 0.1) is 34.5 Å². The third kappa shape index (κ3) is 17.9. The Balaban J connectivity index is 0.000000197.